The second kappa shape index (κ2) is 9.60. The zero-order chi connectivity index (χ0) is 23.6. The van der Waals surface area contributed by atoms with E-state index in [1.807, 2.05) is 26.0 Å². The Morgan fingerprint density at radius 3 is 2.53 bits per heavy atom. The van der Waals surface area contributed by atoms with Gasteiger partial charge in [-0.15, -0.1) is 0 Å². The van der Waals surface area contributed by atoms with Gasteiger partial charge in [-0.1, -0.05) is 0 Å². The Bertz CT molecular complexity index is 1150. The number of nitrogens with zero attached hydrogens (tertiary/aromatic N) is 1. The van der Waals surface area contributed by atoms with Crippen LogP contribution in [0.4, 0.5) is 17.6 Å². The number of halogens is 4. The predicted octanol–water partition coefficient (Wildman–Crippen LogP) is 4.97. The van der Waals surface area contributed by atoms with E-state index >= 15 is 0 Å². The van der Waals surface area contributed by atoms with Crippen molar-refractivity contribution in [3.05, 3.63) is 63.9 Å². The van der Waals surface area contributed by atoms with E-state index in [0.717, 1.165) is 32.7 Å². The first kappa shape index (κ1) is 24.2. The van der Waals surface area contributed by atoms with Crippen molar-refractivity contribution >= 4 is 36.7 Å². The van der Waals surface area contributed by atoms with Crippen molar-refractivity contribution in [3.8, 4) is 16.3 Å². The van der Waals surface area contributed by atoms with Crippen LogP contribution in [0.25, 0.3) is 10.6 Å². The molecule has 0 aliphatic rings. The maximum atomic E-state index is 13.9. The van der Waals surface area contributed by atoms with Gasteiger partial charge in [-0.25, -0.2) is 0 Å². The zero-order valence-electron chi connectivity index (χ0n) is 17.3. The van der Waals surface area contributed by atoms with Gasteiger partial charge in [-0.3, -0.25) is 0 Å². The second-order valence-electron chi connectivity index (χ2n) is 7.03. The van der Waals surface area contributed by atoms with Crippen LogP contribution in [0, 0.1) is 19.7 Å². The summed E-state index contributed by atoms with van der Waals surface area (Å²) >= 11 is 1.38. The monoisotopic (exact) mass is 533 g/mol. The number of benzene rings is 2. The summed E-state index contributed by atoms with van der Waals surface area (Å²) in [7, 11) is 0. The van der Waals surface area contributed by atoms with Gasteiger partial charge in [0.15, 0.2) is 0 Å². The fraction of sp³-hybridized carbons (Fsp3) is 0.273. The van der Waals surface area contributed by atoms with Crippen LogP contribution in [-0.4, -0.2) is 37.1 Å². The van der Waals surface area contributed by atoms with Gasteiger partial charge in [0.25, 0.3) is 0 Å². The zero-order valence-corrected chi connectivity index (χ0v) is 19.8. The van der Waals surface area contributed by atoms with Crippen molar-refractivity contribution < 1.29 is 32.2 Å². The number of alkyl halides is 3. The maximum absolute atomic E-state index is 13.9. The molecule has 1 N–H and O–H groups in total. The normalized spacial score (nSPS) is 12.6. The topological polar surface area (TPSA) is 59.4 Å². The van der Waals surface area contributed by atoms with E-state index in [9.17, 15) is 22.4 Å². The van der Waals surface area contributed by atoms with Crippen molar-refractivity contribution in [1.82, 2.24) is 4.98 Å². The minimum absolute atomic E-state index is 0.0433. The molecule has 0 radical (unpaired) electrons. The third-order valence-electron chi connectivity index (χ3n) is 4.58. The van der Waals surface area contributed by atoms with Gasteiger partial charge in [-0.05, 0) is 0 Å². The number of carboxylic acids is 1. The summed E-state index contributed by atoms with van der Waals surface area (Å²) in [6.07, 6.45) is -5.68. The molecule has 0 aliphatic carbocycles. The molecule has 10 heteroatoms. The molecule has 0 saturated carbocycles. The van der Waals surface area contributed by atoms with Gasteiger partial charge < -0.3 is 0 Å². The molecule has 0 saturated heterocycles. The summed E-state index contributed by atoms with van der Waals surface area (Å²) in [5.41, 5.74) is 0.615. The van der Waals surface area contributed by atoms with Crippen LogP contribution in [0.15, 0.2) is 36.4 Å². The van der Waals surface area contributed by atoms with E-state index in [2.05, 4.69) is 4.98 Å². The van der Waals surface area contributed by atoms with Gasteiger partial charge >= 0.3 is 193 Å². The van der Waals surface area contributed by atoms with Crippen LogP contribution in [-0.2, 0) is 16.3 Å². The number of ether oxygens (including phenoxy) is 1. The van der Waals surface area contributed by atoms with Crippen LogP contribution < -0.4 is 9.20 Å². The Balaban J connectivity index is 1.72. The first-order valence-corrected chi connectivity index (χ1v) is 12.3. The number of hydrogen-bond donors (Lipinski definition) is 1. The Morgan fingerprint density at radius 1 is 1.22 bits per heavy atom. The predicted molar refractivity (Wildman–Crippen MR) is 115 cm³/mol. The molecule has 0 spiro atoms. The molecule has 3 rings (SSSR count). The molecule has 1 aromatic heterocycles. The second-order valence-corrected chi connectivity index (χ2v) is 10.3. The van der Waals surface area contributed by atoms with Crippen molar-refractivity contribution in [2.45, 2.75) is 38.4 Å². The molecular weight excluding hydrogens is 513 g/mol. The fourth-order valence-electron chi connectivity index (χ4n) is 2.80. The molecular formula is C22H19F4NO3SSe. The first-order valence-electron chi connectivity index (χ1n) is 9.42. The number of rotatable bonds is 7. The van der Waals surface area contributed by atoms with Crippen molar-refractivity contribution in [3.63, 3.8) is 0 Å². The Morgan fingerprint density at radius 2 is 1.94 bits per heavy atom. The molecule has 1 atom stereocenters. The number of carbonyl (C=O) groups is 1. The van der Waals surface area contributed by atoms with Gasteiger partial charge in [0.05, 0.1) is 0 Å². The molecule has 1 unspecified atom stereocenters. The van der Waals surface area contributed by atoms with Gasteiger partial charge in [0, 0.05) is 0 Å². The molecule has 170 valence electrons. The van der Waals surface area contributed by atoms with Gasteiger partial charge in [0.2, 0.25) is 0 Å². The molecule has 1 heterocycles. The van der Waals surface area contributed by atoms with Gasteiger partial charge in [-0.2, -0.15) is 0 Å². The van der Waals surface area contributed by atoms with E-state index in [1.165, 1.54) is 24.3 Å². The van der Waals surface area contributed by atoms with Crippen LogP contribution in [0.2, 0.25) is 0 Å². The summed E-state index contributed by atoms with van der Waals surface area (Å²) in [5.74, 6) is -1.84. The number of aliphatic carboxylic acids is 1. The van der Waals surface area contributed by atoms with Crippen LogP contribution in [0.1, 0.15) is 28.6 Å². The SMILES string of the molecule is Cc1cc([Se]Cc2sc(-c3ccc(C(F)(F)F)c(F)c3)nc2C)ccc1OC(C)C(=O)O. The fourth-order valence-corrected chi connectivity index (χ4v) is 6.34. The average molecular weight is 532 g/mol. The average Bonchev–Trinajstić information content (AvgIpc) is 3.07. The standard InChI is InChI=1S/C22H19F4NO3SSe/c1-11-8-15(5-7-18(11)30-13(3)21(28)29)32-10-19-12(2)27-20(31-19)14-4-6-16(17(23)9-14)22(24,25)26/h4-9,13H,10H2,1-3H3,(H,28,29). The Kier molecular flexibility index (Phi) is 7.27. The van der Waals surface area contributed by atoms with Crippen LogP contribution in [0.3, 0.4) is 0 Å². The van der Waals surface area contributed by atoms with Gasteiger partial charge in [0.1, 0.15) is 0 Å². The van der Waals surface area contributed by atoms with Crippen LogP contribution >= 0.6 is 11.3 Å². The number of aryl methyl sites for hydroxylation is 2. The number of carboxylic acid groups (broad SMARTS) is 1. The quantitative estimate of drug-likeness (QED) is 0.345. The Hall–Kier alpha value is -2.42. The van der Waals surface area contributed by atoms with E-state index in [1.54, 1.807) is 6.07 Å². The number of hydrogen-bond acceptors (Lipinski definition) is 4. The van der Waals surface area contributed by atoms with E-state index in [0.29, 0.717) is 21.6 Å². The van der Waals surface area contributed by atoms with Crippen LogP contribution in [0.5, 0.6) is 5.75 Å². The summed E-state index contributed by atoms with van der Waals surface area (Å²) in [4.78, 5) is 16.4. The third kappa shape index (κ3) is 5.68. The molecule has 2 aromatic carbocycles. The van der Waals surface area contributed by atoms with E-state index in [4.69, 9.17) is 9.84 Å². The van der Waals surface area contributed by atoms with Crippen molar-refractivity contribution in [2.24, 2.45) is 0 Å². The summed E-state index contributed by atoms with van der Waals surface area (Å²) in [5, 5.41) is 10.2. The van der Waals surface area contributed by atoms with Crippen molar-refractivity contribution in [1.29, 1.82) is 0 Å². The first-order chi connectivity index (χ1) is 15.0. The molecule has 0 aliphatic heterocycles. The molecule has 0 fully saturated rings. The molecule has 32 heavy (non-hydrogen) atoms. The third-order valence-corrected chi connectivity index (χ3v) is 8.34. The van der Waals surface area contributed by atoms with E-state index in [-0.39, 0.29) is 15.0 Å². The number of thiazole rings is 1. The summed E-state index contributed by atoms with van der Waals surface area (Å²) in [6, 6.07) is 8.44. The van der Waals surface area contributed by atoms with E-state index < -0.39 is 29.6 Å². The molecule has 0 bridgehead atoms. The molecule has 3 aromatic rings. The Labute approximate surface area is 192 Å². The molecule has 0 amide bonds. The molecule has 4 nitrogen and oxygen atoms in total. The van der Waals surface area contributed by atoms with Crippen molar-refractivity contribution in [2.75, 3.05) is 0 Å². The number of aromatic nitrogens is 1. The minimum atomic E-state index is -4.74. The summed E-state index contributed by atoms with van der Waals surface area (Å²) in [6.45, 7) is 5.13. The summed E-state index contributed by atoms with van der Waals surface area (Å²) < 4.78 is 58.8.